The summed E-state index contributed by atoms with van der Waals surface area (Å²) >= 11 is 6.16. The molecule has 0 aromatic heterocycles. The molecule has 0 aliphatic carbocycles. The van der Waals surface area contributed by atoms with E-state index in [1.54, 1.807) is 18.2 Å². The lowest BCUT2D eigenvalue weighted by Crippen LogP contribution is -2.38. The quantitative estimate of drug-likeness (QED) is 0.820. The summed E-state index contributed by atoms with van der Waals surface area (Å²) in [7, 11) is 0. The minimum atomic E-state index is -0.0801. The fourth-order valence-corrected chi connectivity index (χ4v) is 2.93. The van der Waals surface area contributed by atoms with Crippen LogP contribution in [0.1, 0.15) is 39.5 Å². The van der Waals surface area contributed by atoms with Crippen molar-refractivity contribution in [3.05, 3.63) is 23.2 Å². The lowest BCUT2D eigenvalue weighted by molar-refractivity contribution is -0.118. The molecule has 24 heavy (non-hydrogen) atoms. The van der Waals surface area contributed by atoms with E-state index >= 15 is 0 Å². The fourth-order valence-electron chi connectivity index (χ4n) is 2.76. The first kappa shape index (κ1) is 18.7. The summed E-state index contributed by atoms with van der Waals surface area (Å²) in [5.41, 5.74) is 1.17. The number of piperidine rings is 1. The molecule has 6 heteroatoms. The standard InChI is InChI=1S/C18H26ClN3O2/c1-3-4-17(23)20-14-5-6-15(19)16(11-14)21-18(24)12-22-9-7-13(2)8-10-22/h5-6,11,13H,3-4,7-10,12H2,1-2H3,(H,20,23)(H,21,24). The van der Waals surface area contributed by atoms with E-state index in [-0.39, 0.29) is 11.8 Å². The molecule has 2 amide bonds. The predicted molar refractivity (Wildman–Crippen MR) is 98.5 cm³/mol. The first-order valence-electron chi connectivity index (χ1n) is 8.59. The molecule has 1 aliphatic heterocycles. The van der Waals surface area contributed by atoms with Crippen LogP contribution in [0.2, 0.25) is 5.02 Å². The number of hydrogen-bond donors (Lipinski definition) is 2. The molecule has 1 heterocycles. The summed E-state index contributed by atoms with van der Waals surface area (Å²) in [4.78, 5) is 26.1. The monoisotopic (exact) mass is 351 g/mol. The van der Waals surface area contributed by atoms with Crippen molar-refractivity contribution in [2.45, 2.75) is 39.5 Å². The Hall–Kier alpha value is -1.59. The number of carbonyl (C=O) groups is 2. The van der Waals surface area contributed by atoms with E-state index < -0.39 is 0 Å². The molecule has 1 aromatic rings. The number of hydrogen-bond acceptors (Lipinski definition) is 3. The van der Waals surface area contributed by atoms with E-state index in [9.17, 15) is 9.59 Å². The Labute approximate surface area is 148 Å². The van der Waals surface area contributed by atoms with Crippen LogP contribution >= 0.6 is 11.6 Å². The summed E-state index contributed by atoms with van der Waals surface area (Å²) in [5.74, 6) is 0.616. The second-order valence-corrected chi connectivity index (χ2v) is 6.91. The number of rotatable bonds is 6. The number of amides is 2. The maximum Gasteiger partial charge on any atom is 0.238 e. The van der Waals surface area contributed by atoms with Crippen LogP contribution in [-0.2, 0) is 9.59 Å². The highest BCUT2D eigenvalue weighted by atomic mass is 35.5. The summed E-state index contributed by atoms with van der Waals surface area (Å²) in [5, 5.41) is 6.12. The number of halogens is 1. The SMILES string of the molecule is CCCC(=O)Nc1ccc(Cl)c(NC(=O)CN2CCC(C)CC2)c1. The Kier molecular flexibility index (Phi) is 7.06. The lowest BCUT2D eigenvalue weighted by Gasteiger charge is -2.29. The Morgan fingerprint density at radius 1 is 1.21 bits per heavy atom. The maximum absolute atomic E-state index is 12.3. The van der Waals surface area contributed by atoms with Crippen molar-refractivity contribution in [3.63, 3.8) is 0 Å². The van der Waals surface area contributed by atoms with Crippen LogP contribution in [0, 0.1) is 5.92 Å². The number of anilines is 2. The fraction of sp³-hybridized carbons (Fsp3) is 0.556. The highest BCUT2D eigenvalue weighted by Crippen LogP contribution is 2.26. The highest BCUT2D eigenvalue weighted by Gasteiger charge is 2.18. The van der Waals surface area contributed by atoms with Crippen LogP contribution in [0.4, 0.5) is 11.4 Å². The number of likely N-dealkylation sites (tertiary alicyclic amines) is 1. The molecular formula is C18H26ClN3O2. The van der Waals surface area contributed by atoms with E-state index in [2.05, 4.69) is 22.5 Å². The van der Waals surface area contributed by atoms with E-state index in [0.717, 1.165) is 38.3 Å². The van der Waals surface area contributed by atoms with Gasteiger partial charge in [0.25, 0.3) is 0 Å². The topological polar surface area (TPSA) is 61.4 Å². The van der Waals surface area contributed by atoms with Gasteiger partial charge in [0.05, 0.1) is 17.3 Å². The summed E-state index contributed by atoms with van der Waals surface area (Å²) in [6.07, 6.45) is 3.52. The maximum atomic E-state index is 12.3. The smallest absolute Gasteiger partial charge is 0.238 e. The van der Waals surface area contributed by atoms with Crippen molar-refractivity contribution in [3.8, 4) is 0 Å². The molecule has 1 saturated heterocycles. The van der Waals surface area contributed by atoms with Crippen LogP contribution in [-0.4, -0.2) is 36.3 Å². The molecule has 1 aliphatic rings. The normalized spacial score (nSPS) is 16.0. The molecule has 0 unspecified atom stereocenters. The van der Waals surface area contributed by atoms with Crippen molar-refractivity contribution < 1.29 is 9.59 Å². The zero-order valence-electron chi connectivity index (χ0n) is 14.4. The van der Waals surface area contributed by atoms with Gasteiger partial charge < -0.3 is 10.6 Å². The van der Waals surface area contributed by atoms with Crippen LogP contribution < -0.4 is 10.6 Å². The number of nitrogens with zero attached hydrogens (tertiary/aromatic N) is 1. The van der Waals surface area contributed by atoms with E-state index in [1.807, 2.05) is 6.92 Å². The zero-order valence-corrected chi connectivity index (χ0v) is 15.2. The summed E-state index contributed by atoms with van der Waals surface area (Å²) in [6.45, 7) is 6.48. The minimum absolute atomic E-state index is 0.0421. The molecule has 0 spiro atoms. The Morgan fingerprint density at radius 3 is 2.58 bits per heavy atom. The molecule has 0 radical (unpaired) electrons. The van der Waals surface area contributed by atoms with Crippen molar-refractivity contribution >= 4 is 34.8 Å². The van der Waals surface area contributed by atoms with Gasteiger partial charge in [-0.1, -0.05) is 25.4 Å². The van der Waals surface area contributed by atoms with Crippen molar-refractivity contribution in [2.75, 3.05) is 30.3 Å². The third-order valence-electron chi connectivity index (χ3n) is 4.24. The van der Waals surface area contributed by atoms with Gasteiger partial charge in [-0.05, 0) is 56.5 Å². The number of nitrogens with one attached hydrogen (secondary N) is 2. The van der Waals surface area contributed by atoms with Crippen molar-refractivity contribution in [2.24, 2.45) is 5.92 Å². The zero-order chi connectivity index (χ0) is 17.5. The van der Waals surface area contributed by atoms with Gasteiger partial charge in [-0.3, -0.25) is 14.5 Å². The van der Waals surface area contributed by atoms with Gasteiger partial charge in [0.15, 0.2) is 0 Å². The second kappa shape index (κ2) is 9.04. The first-order valence-corrected chi connectivity index (χ1v) is 8.97. The molecule has 1 fully saturated rings. The Bertz CT molecular complexity index is 584. The Morgan fingerprint density at radius 2 is 1.92 bits per heavy atom. The highest BCUT2D eigenvalue weighted by molar-refractivity contribution is 6.33. The van der Waals surface area contributed by atoms with Gasteiger partial charge in [-0.2, -0.15) is 0 Å². The molecule has 0 saturated carbocycles. The van der Waals surface area contributed by atoms with Crippen molar-refractivity contribution in [1.29, 1.82) is 0 Å². The lowest BCUT2D eigenvalue weighted by atomic mass is 9.99. The third kappa shape index (κ3) is 5.80. The van der Waals surface area contributed by atoms with Gasteiger partial charge in [-0.25, -0.2) is 0 Å². The van der Waals surface area contributed by atoms with E-state index in [1.165, 1.54) is 0 Å². The summed E-state index contributed by atoms with van der Waals surface area (Å²) in [6, 6.07) is 5.12. The van der Waals surface area contributed by atoms with Crippen LogP contribution in [0.25, 0.3) is 0 Å². The van der Waals surface area contributed by atoms with Gasteiger partial charge in [-0.15, -0.1) is 0 Å². The molecular weight excluding hydrogens is 326 g/mol. The number of carbonyl (C=O) groups excluding carboxylic acids is 2. The van der Waals surface area contributed by atoms with E-state index in [0.29, 0.717) is 29.4 Å². The molecule has 2 N–H and O–H groups in total. The summed E-state index contributed by atoms with van der Waals surface area (Å²) < 4.78 is 0. The van der Waals surface area contributed by atoms with Gasteiger partial charge in [0, 0.05) is 12.1 Å². The van der Waals surface area contributed by atoms with Gasteiger partial charge >= 0.3 is 0 Å². The van der Waals surface area contributed by atoms with Gasteiger partial charge in [0.1, 0.15) is 0 Å². The first-order chi connectivity index (χ1) is 11.5. The van der Waals surface area contributed by atoms with Crippen LogP contribution in [0.5, 0.6) is 0 Å². The molecule has 5 nitrogen and oxygen atoms in total. The molecule has 2 rings (SSSR count). The largest absolute Gasteiger partial charge is 0.326 e. The predicted octanol–water partition coefficient (Wildman–Crippen LogP) is 3.75. The van der Waals surface area contributed by atoms with Crippen molar-refractivity contribution in [1.82, 2.24) is 4.90 Å². The molecule has 0 atom stereocenters. The average Bonchev–Trinajstić information content (AvgIpc) is 2.53. The Balaban J connectivity index is 1.93. The molecule has 1 aromatic carbocycles. The third-order valence-corrected chi connectivity index (χ3v) is 4.57. The molecule has 132 valence electrons. The van der Waals surface area contributed by atoms with E-state index in [4.69, 9.17) is 11.6 Å². The van der Waals surface area contributed by atoms with Gasteiger partial charge in [0.2, 0.25) is 11.8 Å². The van der Waals surface area contributed by atoms with Crippen LogP contribution in [0.15, 0.2) is 18.2 Å². The molecule has 0 bridgehead atoms. The minimum Gasteiger partial charge on any atom is -0.326 e. The van der Waals surface area contributed by atoms with Crippen LogP contribution in [0.3, 0.4) is 0 Å². The second-order valence-electron chi connectivity index (χ2n) is 6.50. The average molecular weight is 352 g/mol. The number of benzene rings is 1.